The van der Waals surface area contributed by atoms with Gasteiger partial charge in [-0.15, -0.1) is 0 Å². The van der Waals surface area contributed by atoms with E-state index in [0.717, 1.165) is 66.3 Å². The molecule has 0 saturated carbocycles. The van der Waals surface area contributed by atoms with Gasteiger partial charge in [-0.05, 0) is 112 Å². The average molecular weight is 817 g/mol. The second kappa shape index (κ2) is 13.4. The van der Waals surface area contributed by atoms with Crippen LogP contribution in [0.5, 0.6) is 0 Å². The Kier molecular flexibility index (Phi) is 7.36. The number of aromatic nitrogens is 2. The number of fused-ring (bicyclic) bond motifs is 12. The molecule has 0 fully saturated rings. The average Bonchev–Trinajstić information content (AvgIpc) is 4.10. The Balaban J connectivity index is 0.991. The topological polar surface area (TPSA) is 36.1 Å². The quantitative estimate of drug-likeness (QED) is 0.173. The van der Waals surface area contributed by atoms with E-state index in [0.29, 0.717) is 0 Å². The van der Waals surface area contributed by atoms with E-state index < -0.39 is 0 Å². The zero-order chi connectivity index (χ0) is 41.9. The summed E-state index contributed by atoms with van der Waals surface area (Å²) in [6.45, 7) is 0. The third-order valence-corrected chi connectivity index (χ3v) is 13.3. The largest absolute Gasteiger partial charge is 0.456 e. The first kappa shape index (κ1) is 35.0. The van der Waals surface area contributed by atoms with Crippen molar-refractivity contribution in [2.45, 2.75) is 0 Å². The molecule has 0 radical (unpaired) electrons. The SMILES string of the molecule is c1ccc(-c2ccc3c4cc(-c5ccc6c(c5)c5ccccc5n6-c5ccc6oc7cc8oc9ccccc9c8cc7c6c5)c(-c5ccccc5)cc4n(-c4ccccc4)c3c2)cc1. The predicted molar refractivity (Wildman–Crippen MR) is 266 cm³/mol. The maximum atomic E-state index is 6.46. The fraction of sp³-hybridized carbons (Fsp3) is 0. The van der Waals surface area contributed by atoms with E-state index in [1.54, 1.807) is 0 Å². The van der Waals surface area contributed by atoms with Crippen molar-refractivity contribution in [3.8, 4) is 44.8 Å². The van der Waals surface area contributed by atoms with E-state index in [1.807, 2.05) is 18.2 Å². The van der Waals surface area contributed by atoms with Crippen LogP contribution in [0.3, 0.4) is 0 Å². The number of hydrogen-bond donors (Lipinski definition) is 0. The summed E-state index contributed by atoms with van der Waals surface area (Å²) in [5, 5.41) is 9.21. The molecule has 64 heavy (non-hydrogen) atoms. The molecular formula is C60H36N2O2. The molecule has 0 spiro atoms. The molecule has 298 valence electrons. The number of hydrogen-bond acceptors (Lipinski definition) is 2. The standard InChI is InChI=1S/C60H36N2O2/c1-4-14-37(15-5-1)39-24-27-44-49-33-46(47(38-16-6-2-7-17-38)35-56(49)61(55(44)31-39)41-18-8-3-9-19-41)40-25-28-54-48(30-40)43-20-10-12-22-53(43)62(54)42-26-29-58-50(32-42)52-34-51-45-21-11-13-23-57(45)63-59(51)36-60(52)64-58/h1-36H. The Morgan fingerprint density at radius 3 is 1.61 bits per heavy atom. The molecule has 4 nitrogen and oxygen atoms in total. The predicted octanol–water partition coefficient (Wildman–Crippen LogP) is 16.7. The molecule has 14 aromatic rings. The summed E-state index contributed by atoms with van der Waals surface area (Å²) in [7, 11) is 0. The van der Waals surface area contributed by atoms with Crippen molar-refractivity contribution in [2.75, 3.05) is 0 Å². The minimum absolute atomic E-state index is 0.820. The van der Waals surface area contributed by atoms with E-state index in [1.165, 1.54) is 66.0 Å². The molecule has 10 aromatic carbocycles. The zero-order valence-electron chi connectivity index (χ0n) is 34.5. The van der Waals surface area contributed by atoms with Gasteiger partial charge in [0.1, 0.15) is 22.3 Å². The number of furan rings is 2. The van der Waals surface area contributed by atoms with E-state index in [-0.39, 0.29) is 0 Å². The Morgan fingerprint density at radius 2 is 0.797 bits per heavy atom. The lowest BCUT2D eigenvalue weighted by atomic mass is 9.91. The Labute approximate surface area is 367 Å². The van der Waals surface area contributed by atoms with Gasteiger partial charge in [0.2, 0.25) is 0 Å². The van der Waals surface area contributed by atoms with Crippen molar-refractivity contribution in [1.82, 2.24) is 9.13 Å². The maximum absolute atomic E-state index is 6.46. The normalized spacial score (nSPS) is 12.1. The molecular weight excluding hydrogens is 781 g/mol. The first-order valence-electron chi connectivity index (χ1n) is 21.8. The zero-order valence-corrected chi connectivity index (χ0v) is 34.5. The Bertz CT molecular complexity index is 4170. The van der Waals surface area contributed by atoms with Crippen LogP contribution in [-0.2, 0) is 0 Å². The van der Waals surface area contributed by atoms with Gasteiger partial charge >= 0.3 is 0 Å². The number of rotatable bonds is 5. The highest BCUT2D eigenvalue weighted by molar-refractivity contribution is 6.17. The van der Waals surface area contributed by atoms with Gasteiger partial charge in [-0.2, -0.15) is 0 Å². The molecule has 0 N–H and O–H groups in total. The molecule has 0 bridgehead atoms. The van der Waals surface area contributed by atoms with Crippen molar-refractivity contribution in [1.29, 1.82) is 0 Å². The lowest BCUT2D eigenvalue weighted by Gasteiger charge is -2.14. The van der Waals surface area contributed by atoms with Crippen molar-refractivity contribution >= 4 is 87.5 Å². The van der Waals surface area contributed by atoms with Gasteiger partial charge in [-0.25, -0.2) is 0 Å². The van der Waals surface area contributed by atoms with Crippen molar-refractivity contribution in [2.24, 2.45) is 0 Å². The van der Waals surface area contributed by atoms with E-state index in [9.17, 15) is 0 Å². The summed E-state index contributed by atoms with van der Waals surface area (Å²) in [6, 6.07) is 78.9. The van der Waals surface area contributed by atoms with Crippen LogP contribution in [0.2, 0.25) is 0 Å². The van der Waals surface area contributed by atoms with E-state index in [4.69, 9.17) is 8.83 Å². The smallest absolute Gasteiger partial charge is 0.139 e. The Morgan fingerprint density at radius 1 is 0.234 bits per heavy atom. The highest BCUT2D eigenvalue weighted by Crippen LogP contribution is 2.44. The third kappa shape index (κ3) is 5.17. The van der Waals surface area contributed by atoms with Crippen LogP contribution in [0.4, 0.5) is 0 Å². The van der Waals surface area contributed by atoms with Gasteiger partial charge in [0.25, 0.3) is 0 Å². The molecule has 4 aromatic heterocycles. The van der Waals surface area contributed by atoms with Crippen molar-refractivity contribution in [3.05, 3.63) is 218 Å². The molecule has 14 rings (SSSR count). The molecule has 0 unspecified atom stereocenters. The molecule has 0 saturated heterocycles. The molecule has 0 aliphatic carbocycles. The van der Waals surface area contributed by atoms with Crippen molar-refractivity contribution < 1.29 is 8.83 Å². The number of para-hydroxylation sites is 3. The Hall–Kier alpha value is -8.60. The summed E-state index contributed by atoms with van der Waals surface area (Å²) >= 11 is 0. The highest BCUT2D eigenvalue weighted by atomic mass is 16.3. The molecule has 4 heteroatoms. The fourth-order valence-corrected chi connectivity index (χ4v) is 10.4. The van der Waals surface area contributed by atoms with Gasteiger partial charge in [0.15, 0.2) is 0 Å². The lowest BCUT2D eigenvalue weighted by molar-refractivity contribution is 0.656. The maximum Gasteiger partial charge on any atom is 0.139 e. The van der Waals surface area contributed by atoms with Gasteiger partial charge in [-0.1, -0.05) is 133 Å². The summed E-state index contributed by atoms with van der Waals surface area (Å²) in [4.78, 5) is 0. The third-order valence-electron chi connectivity index (χ3n) is 13.3. The second-order valence-electron chi connectivity index (χ2n) is 16.9. The summed E-state index contributed by atoms with van der Waals surface area (Å²) in [5.74, 6) is 0. The summed E-state index contributed by atoms with van der Waals surface area (Å²) < 4.78 is 17.5. The number of nitrogens with zero attached hydrogens (tertiary/aromatic N) is 2. The molecule has 0 aliphatic heterocycles. The van der Waals surface area contributed by atoms with Gasteiger partial charge in [0, 0.05) is 60.5 Å². The minimum atomic E-state index is 0.820. The monoisotopic (exact) mass is 816 g/mol. The van der Waals surface area contributed by atoms with Crippen LogP contribution in [-0.4, -0.2) is 9.13 Å². The number of benzene rings is 10. The molecule has 0 amide bonds. The highest BCUT2D eigenvalue weighted by Gasteiger charge is 2.21. The fourth-order valence-electron chi connectivity index (χ4n) is 10.4. The first-order chi connectivity index (χ1) is 31.7. The van der Waals surface area contributed by atoms with Crippen LogP contribution >= 0.6 is 0 Å². The molecule has 4 heterocycles. The minimum Gasteiger partial charge on any atom is -0.456 e. The van der Waals surface area contributed by atoms with Gasteiger partial charge in [-0.3, -0.25) is 0 Å². The summed E-state index contributed by atoms with van der Waals surface area (Å²) in [6.07, 6.45) is 0. The lowest BCUT2D eigenvalue weighted by Crippen LogP contribution is -1.95. The molecule has 0 atom stereocenters. The van der Waals surface area contributed by atoms with E-state index in [2.05, 4.69) is 209 Å². The van der Waals surface area contributed by atoms with Crippen LogP contribution in [0.15, 0.2) is 227 Å². The van der Waals surface area contributed by atoms with Crippen LogP contribution in [0.1, 0.15) is 0 Å². The van der Waals surface area contributed by atoms with Crippen LogP contribution < -0.4 is 0 Å². The van der Waals surface area contributed by atoms with Gasteiger partial charge in [0.05, 0.1) is 22.1 Å². The van der Waals surface area contributed by atoms with Crippen LogP contribution in [0.25, 0.3) is 132 Å². The van der Waals surface area contributed by atoms with Gasteiger partial charge < -0.3 is 18.0 Å². The van der Waals surface area contributed by atoms with Crippen molar-refractivity contribution in [3.63, 3.8) is 0 Å². The van der Waals surface area contributed by atoms with Crippen LogP contribution in [0, 0.1) is 0 Å². The van der Waals surface area contributed by atoms with E-state index >= 15 is 0 Å². The first-order valence-corrected chi connectivity index (χ1v) is 21.8. The summed E-state index contributed by atoms with van der Waals surface area (Å²) in [5.41, 5.74) is 17.4. The second-order valence-corrected chi connectivity index (χ2v) is 16.9. The molecule has 0 aliphatic rings.